The molecule has 0 aliphatic carbocycles. The monoisotopic (exact) mass is 252 g/mol. The van der Waals surface area contributed by atoms with E-state index in [0.717, 1.165) is 18.4 Å². The van der Waals surface area contributed by atoms with E-state index in [1.807, 2.05) is 6.92 Å². The zero-order valence-corrected chi connectivity index (χ0v) is 10.3. The van der Waals surface area contributed by atoms with Gasteiger partial charge >= 0.3 is 5.69 Å². The van der Waals surface area contributed by atoms with Crippen LogP contribution in [-0.4, -0.2) is 22.3 Å². The zero-order valence-electron chi connectivity index (χ0n) is 11.3. The van der Waals surface area contributed by atoms with Crippen LogP contribution in [0.2, 0.25) is 0 Å². The fourth-order valence-corrected chi connectivity index (χ4v) is 2.31. The van der Waals surface area contributed by atoms with Crippen LogP contribution in [0, 0.1) is 5.92 Å². The van der Waals surface area contributed by atoms with Gasteiger partial charge in [-0.1, -0.05) is 6.92 Å². The van der Waals surface area contributed by atoms with Gasteiger partial charge in [0.25, 0.3) is 0 Å². The Morgan fingerprint density at radius 2 is 2.56 bits per heavy atom. The van der Waals surface area contributed by atoms with Gasteiger partial charge in [-0.25, -0.2) is 10.3 Å². The fourth-order valence-electron chi connectivity index (χ4n) is 2.31. The molecule has 1 fully saturated rings. The summed E-state index contributed by atoms with van der Waals surface area (Å²) >= 11 is 0. The van der Waals surface area contributed by atoms with Crippen molar-refractivity contribution in [2.75, 3.05) is 12.1 Å². The number of hydrogen-bond donors (Lipinski definition) is 1. The molecule has 0 amide bonds. The lowest BCUT2D eigenvalue weighted by Gasteiger charge is -2.20. The van der Waals surface area contributed by atoms with Gasteiger partial charge in [0, 0.05) is 19.6 Å². The van der Waals surface area contributed by atoms with Crippen molar-refractivity contribution in [1.82, 2.24) is 9.55 Å². The normalized spacial score (nSPS) is 31.6. The van der Waals surface area contributed by atoms with Gasteiger partial charge in [0.15, 0.2) is 5.82 Å². The van der Waals surface area contributed by atoms with Crippen LogP contribution in [0.1, 0.15) is 33.4 Å². The highest BCUT2D eigenvalue weighted by Crippen LogP contribution is 2.32. The Hall–Kier alpha value is -1.40. The molecule has 3 rings (SSSR count). The number of aromatic nitrogens is 2. The summed E-state index contributed by atoms with van der Waals surface area (Å²) < 4.78 is 14.7. The van der Waals surface area contributed by atoms with Crippen molar-refractivity contribution in [2.24, 2.45) is 5.92 Å². The molecule has 0 aromatic carbocycles. The van der Waals surface area contributed by atoms with Crippen LogP contribution in [-0.2, 0) is 16.0 Å². The van der Waals surface area contributed by atoms with Crippen molar-refractivity contribution in [2.45, 2.75) is 39.0 Å². The highest BCUT2D eigenvalue weighted by Gasteiger charge is 2.31. The van der Waals surface area contributed by atoms with E-state index < -0.39 is 0 Å². The van der Waals surface area contributed by atoms with E-state index in [2.05, 4.69) is 10.5 Å². The maximum absolute atomic E-state index is 12.0. The molecule has 18 heavy (non-hydrogen) atoms. The summed E-state index contributed by atoms with van der Waals surface area (Å²) in [4.78, 5) is 21.0. The van der Waals surface area contributed by atoms with Crippen molar-refractivity contribution in [1.29, 1.82) is 0 Å². The first-order valence-electron chi connectivity index (χ1n) is 6.84. The van der Waals surface area contributed by atoms with E-state index in [0.29, 0.717) is 12.4 Å². The van der Waals surface area contributed by atoms with E-state index in [-0.39, 0.29) is 30.8 Å². The van der Waals surface area contributed by atoms with Crippen molar-refractivity contribution in [3.63, 3.8) is 0 Å². The molecule has 2 unspecified atom stereocenters. The summed E-state index contributed by atoms with van der Waals surface area (Å²) in [7, 11) is 0. The lowest BCUT2D eigenvalue weighted by atomic mass is 10.1. The van der Waals surface area contributed by atoms with E-state index >= 15 is 0 Å². The van der Waals surface area contributed by atoms with Crippen molar-refractivity contribution >= 4 is 5.82 Å². The Labute approximate surface area is 106 Å². The Bertz CT molecular complexity index is 533. The number of ether oxygens (including phenoxy) is 1. The van der Waals surface area contributed by atoms with Gasteiger partial charge in [0.2, 0.25) is 0 Å². The summed E-state index contributed by atoms with van der Waals surface area (Å²) in [6.07, 6.45) is 2.85. The molecule has 3 heterocycles. The van der Waals surface area contributed by atoms with Gasteiger partial charge < -0.3 is 4.74 Å². The predicted octanol–water partition coefficient (Wildman–Crippen LogP) is 1.09. The Balaban J connectivity index is 1.91. The van der Waals surface area contributed by atoms with Crippen LogP contribution < -0.4 is 11.2 Å². The number of nitrogens with one attached hydrogen (secondary N) is 1. The third kappa shape index (κ3) is 1.91. The average Bonchev–Trinajstić information content (AvgIpc) is 2.79. The molecule has 98 valence electrons. The quantitative estimate of drug-likeness (QED) is 0.810. The highest BCUT2D eigenvalue weighted by atomic mass is 16.6. The molecule has 1 N–H and O–H groups in total. The van der Waals surface area contributed by atoms with Crippen LogP contribution in [0.4, 0.5) is 5.82 Å². The number of fused-ring (bicyclic) bond motifs is 1. The Morgan fingerprint density at radius 1 is 1.67 bits per heavy atom. The van der Waals surface area contributed by atoms with Gasteiger partial charge in [-0.3, -0.25) is 9.40 Å². The van der Waals surface area contributed by atoms with Crippen LogP contribution in [0.3, 0.4) is 0 Å². The lowest BCUT2D eigenvalue weighted by Crippen LogP contribution is -2.30. The molecule has 1 aromatic heterocycles. The molecule has 2 aliphatic heterocycles. The van der Waals surface area contributed by atoms with Gasteiger partial charge in [0.05, 0.1) is 12.7 Å². The van der Waals surface area contributed by atoms with Crippen molar-refractivity contribution in [3.8, 4) is 0 Å². The lowest BCUT2D eigenvalue weighted by molar-refractivity contribution is 0.00285. The molecular weight excluding hydrogens is 234 g/mol. The smallest absolute Gasteiger partial charge is 0.351 e. The summed E-state index contributed by atoms with van der Waals surface area (Å²) in [5.41, 5.74) is 3.26. The van der Waals surface area contributed by atoms with Gasteiger partial charge in [-0.2, -0.15) is 4.98 Å². The van der Waals surface area contributed by atoms with Crippen molar-refractivity contribution in [3.05, 3.63) is 22.2 Å². The van der Waals surface area contributed by atoms with E-state index in [1.54, 1.807) is 6.20 Å². The molecule has 2 aliphatic rings. The second-order valence-corrected chi connectivity index (χ2v) is 4.85. The molecule has 6 heteroatoms. The SMILES string of the molecule is [2H]CC1OC(n2cc3c(nc2=O)NOCC3)C[C@H]1C. The van der Waals surface area contributed by atoms with E-state index in [4.69, 9.17) is 10.9 Å². The van der Waals surface area contributed by atoms with Crippen LogP contribution in [0.25, 0.3) is 0 Å². The van der Waals surface area contributed by atoms with Crippen molar-refractivity contribution < 1.29 is 10.9 Å². The molecule has 0 spiro atoms. The number of anilines is 1. The Morgan fingerprint density at radius 3 is 3.33 bits per heavy atom. The summed E-state index contributed by atoms with van der Waals surface area (Å²) in [5, 5.41) is 0. The highest BCUT2D eigenvalue weighted by molar-refractivity contribution is 5.41. The van der Waals surface area contributed by atoms with E-state index in [1.165, 1.54) is 4.57 Å². The second kappa shape index (κ2) is 4.37. The molecule has 0 bridgehead atoms. The Kier molecular flexibility index (Phi) is 2.55. The van der Waals surface area contributed by atoms with Gasteiger partial charge in [-0.15, -0.1) is 0 Å². The second-order valence-electron chi connectivity index (χ2n) is 4.85. The number of rotatable bonds is 1. The molecule has 6 nitrogen and oxygen atoms in total. The molecule has 1 aromatic rings. The summed E-state index contributed by atoms with van der Waals surface area (Å²) in [5.74, 6) is 0.780. The molecular formula is C12H17N3O3. The largest absolute Gasteiger partial charge is 0.355 e. The third-order valence-electron chi connectivity index (χ3n) is 3.52. The third-order valence-corrected chi connectivity index (χ3v) is 3.52. The minimum atomic E-state index is -0.348. The van der Waals surface area contributed by atoms with Crippen LogP contribution >= 0.6 is 0 Å². The number of hydrogen-bond acceptors (Lipinski definition) is 5. The minimum Gasteiger partial charge on any atom is -0.355 e. The topological polar surface area (TPSA) is 65.4 Å². The van der Waals surface area contributed by atoms with Gasteiger partial charge in [0.1, 0.15) is 6.23 Å². The molecule has 0 saturated carbocycles. The summed E-state index contributed by atoms with van der Waals surface area (Å²) in [6.45, 7) is 2.83. The van der Waals surface area contributed by atoms with Crippen LogP contribution in [0.15, 0.2) is 11.0 Å². The van der Waals surface area contributed by atoms with E-state index in [9.17, 15) is 4.79 Å². The molecule has 0 radical (unpaired) electrons. The first-order valence-corrected chi connectivity index (χ1v) is 6.13. The average molecular weight is 252 g/mol. The fraction of sp³-hybridized carbons (Fsp3) is 0.667. The zero-order chi connectivity index (χ0) is 13.4. The maximum atomic E-state index is 12.0. The number of nitrogens with zero attached hydrogens (tertiary/aromatic N) is 2. The standard InChI is InChI=1S/C12H17N3O3/c1-7-5-10(18-8(7)2)15-6-9-3-4-17-14-11(9)13-12(15)16/h6-8,10H,3-5H2,1-2H3,(H,13,14,16)/t7-,8?,10?/m1/s1/i2D. The maximum Gasteiger partial charge on any atom is 0.351 e. The predicted molar refractivity (Wildman–Crippen MR) is 65.1 cm³/mol. The summed E-state index contributed by atoms with van der Waals surface area (Å²) in [6, 6.07) is 0. The van der Waals surface area contributed by atoms with Gasteiger partial charge in [-0.05, 0) is 19.2 Å². The molecule has 1 saturated heterocycles. The van der Waals surface area contributed by atoms with Crippen LogP contribution in [0.5, 0.6) is 0 Å². The first-order chi connectivity index (χ1) is 9.19. The molecule has 3 atom stereocenters. The minimum absolute atomic E-state index is 0.102. The first kappa shape index (κ1) is 10.5.